The number of pyridine rings is 1. The average Bonchev–Trinajstić information content (AvgIpc) is 3.11. The Morgan fingerprint density at radius 1 is 1.13 bits per heavy atom. The summed E-state index contributed by atoms with van der Waals surface area (Å²) in [5.41, 5.74) is 4.76. The molecule has 0 unspecified atom stereocenters. The predicted octanol–water partition coefficient (Wildman–Crippen LogP) is 2.72. The first-order chi connectivity index (χ1) is 11.1. The molecule has 6 nitrogen and oxygen atoms in total. The lowest BCUT2D eigenvalue weighted by atomic mass is 10.2. The Kier molecular flexibility index (Phi) is 3.04. The van der Waals surface area contributed by atoms with Gasteiger partial charge in [0.1, 0.15) is 0 Å². The van der Waals surface area contributed by atoms with Gasteiger partial charge in [0, 0.05) is 32.0 Å². The maximum Gasteiger partial charge on any atom is 0.329 e. The van der Waals surface area contributed by atoms with E-state index in [0.717, 1.165) is 28.0 Å². The van der Waals surface area contributed by atoms with Crippen molar-refractivity contribution in [1.82, 2.24) is 14.5 Å². The number of imidazole rings is 1. The molecule has 0 bridgehead atoms. The highest BCUT2D eigenvalue weighted by molar-refractivity contribution is 6.07. The fourth-order valence-corrected chi connectivity index (χ4v) is 3.03. The summed E-state index contributed by atoms with van der Waals surface area (Å²) >= 11 is 0. The van der Waals surface area contributed by atoms with Gasteiger partial charge in [0.15, 0.2) is 0 Å². The number of aromatic nitrogens is 3. The molecule has 3 heterocycles. The molecule has 0 N–H and O–H groups in total. The fourth-order valence-electron chi connectivity index (χ4n) is 3.03. The van der Waals surface area contributed by atoms with Crippen LogP contribution in [0, 0.1) is 6.92 Å². The molecule has 1 saturated heterocycles. The van der Waals surface area contributed by atoms with Crippen LogP contribution >= 0.6 is 0 Å². The summed E-state index contributed by atoms with van der Waals surface area (Å²) in [6, 6.07) is 7.85. The first-order valence-corrected chi connectivity index (χ1v) is 7.56. The van der Waals surface area contributed by atoms with Gasteiger partial charge in [-0.15, -0.1) is 0 Å². The smallest absolute Gasteiger partial charge is 0.329 e. The number of carbonyl (C=O) groups is 1. The lowest BCUT2D eigenvalue weighted by Gasteiger charge is -2.20. The van der Waals surface area contributed by atoms with Gasteiger partial charge in [-0.3, -0.25) is 14.8 Å². The van der Waals surface area contributed by atoms with Gasteiger partial charge in [-0.2, -0.15) is 0 Å². The minimum Gasteiger partial charge on any atom is -0.334 e. The zero-order chi connectivity index (χ0) is 16.0. The molecular formula is C17H17N5O. The quantitative estimate of drug-likeness (QED) is 0.731. The number of benzene rings is 1. The Morgan fingerprint density at radius 2 is 1.96 bits per heavy atom. The van der Waals surface area contributed by atoms with Crippen LogP contribution < -0.4 is 9.80 Å². The molecule has 6 heteroatoms. The average molecular weight is 307 g/mol. The molecule has 3 aromatic rings. The number of fused-ring (bicyclic) bond motifs is 1. The zero-order valence-electron chi connectivity index (χ0n) is 13.1. The molecule has 0 spiro atoms. The first kappa shape index (κ1) is 13.8. The van der Waals surface area contributed by atoms with E-state index >= 15 is 0 Å². The van der Waals surface area contributed by atoms with E-state index < -0.39 is 0 Å². The predicted molar refractivity (Wildman–Crippen MR) is 89.8 cm³/mol. The van der Waals surface area contributed by atoms with Crippen LogP contribution in [0.5, 0.6) is 0 Å². The van der Waals surface area contributed by atoms with Gasteiger partial charge in [-0.25, -0.2) is 9.78 Å². The number of urea groups is 1. The van der Waals surface area contributed by atoms with Crippen molar-refractivity contribution in [3.63, 3.8) is 0 Å². The molecular weight excluding hydrogens is 290 g/mol. The molecule has 1 aliphatic rings. The second kappa shape index (κ2) is 5.08. The van der Waals surface area contributed by atoms with E-state index in [1.54, 1.807) is 28.5 Å². The number of amides is 2. The van der Waals surface area contributed by atoms with Crippen molar-refractivity contribution in [2.24, 2.45) is 7.05 Å². The molecule has 1 fully saturated rings. The number of nitrogens with zero attached hydrogens (tertiary/aromatic N) is 5. The van der Waals surface area contributed by atoms with Crippen molar-refractivity contribution >= 4 is 28.4 Å². The summed E-state index contributed by atoms with van der Waals surface area (Å²) in [5, 5.41) is 0. The molecule has 4 rings (SSSR count). The normalized spacial score (nSPS) is 15.0. The van der Waals surface area contributed by atoms with Gasteiger partial charge in [0.2, 0.25) is 0 Å². The van der Waals surface area contributed by atoms with Crippen LogP contribution in [0.4, 0.5) is 16.2 Å². The van der Waals surface area contributed by atoms with E-state index in [9.17, 15) is 4.79 Å². The van der Waals surface area contributed by atoms with E-state index in [0.29, 0.717) is 13.1 Å². The molecule has 0 atom stereocenters. The summed E-state index contributed by atoms with van der Waals surface area (Å²) in [5.74, 6) is 0. The number of carbonyl (C=O) groups excluding carboxylic acids is 1. The molecule has 1 aliphatic heterocycles. The number of aryl methyl sites for hydroxylation is 2. The second-order valence-electron chi connectivity index (χ2n) is 5.78. The van der Waals surface area contributed by atoms with Crippen LogP contribution in [0.25, 0.3) is 11.0 Å². The van der Waals surface area contributed by atoms with Crippen LogP contribution in [0.1, 0.15) is 5.56 Å². The van der Waals surface area contributed by atoms with Gasteiger partial charge >= 0.3 is 6.03 Å². The maximum atomic E-state index is 12.8. The van der Waals surface area contributed by atoms with Gasteiger partial charge in [0.25, 0.3) is 0 Å². The number of anilines is 2. The Labute approximate surface area is 134 Å². The Hall–Kier alpha value is -2.89. The van der Waals surface area contributed by atoms with E-state index in [4.69, 9.17) is 0 Å². The van der Waals surface area contributed by atoms with Gasteiger partial charge < -0.3 is 4.57 Å². The summed E-state index contributed by atoms with van der Waals surface area (Å²) in [6.07, 6.45) is 5.27. The molecule has 0 radical (unpaired) electrons. The largest absolute Gasteiger partial charge is 0.334 e. The molecule has 116 valence electrons. The van der Waals surface area contributed by atoms with Crippen LogP contribution in [-0.4, -0.2) is 33.7 Å². The Bertz CT molecular complexity index is 901. The molecule has 0 aliphatic carbocycles. The van der Waals surface area contributed by atoms with Crippen molar-refractivity contribution in [2.45, 2.75) is 6.92 Å². The number of rotatable bonds is 2. The molecule has 2 aromatic heterocycles. The Balaban J connectivity index is 1.67. The highest BCUT2D eigenvalue weighted by atomic mass is 16.2. The van der Waals surface area contributed by atoms with Gasteiger partial charge in [-0.1, -0.05) is 0 Å². The van der Waals surface area contributed by atoms with Crippen LogP contribution in [0.2, 0.25) is 0 Å². The van der Waals surface area contributed by atoms with E-state index in [1.807, 2.05) is 42.8 Å². The molecule has 0 saturated carbocycles. The zero-order valence-corrected chi connectivity index (χ0v) is 13.1. The van der Waals surface area contributed by atoms with Crippen LogP contribution in [-0.2, 0) is 7.05 Å². The van der Waals surface area contributed by atoms with E-state index in [2.05, 4.69) is 9.97 Å². The van der Waals surface area contributed by atoms with Crippen molar-refractivity contribution in [3.8, 4) is 0 Å². The van der Waals surface area contributed by atoms with Crippen LogP contribution in [0.3, 0.4) is 0 Å². The highest BCUT2D eigenvalue weighted by Crippen LogP contribution is 2.28. The summed E-state index contributed by atoms with van der Waals surface area (Å²) in [4.78, 5) is 24.9. The monoisotopic (exact) mass is 307 g/mol. The topological polar surface area (TPSA) is 54.3 Å². The standard InChI is InChI=1S/C17H17N5O/c1-12-5-6-18-10-16(12)22-8-7-21(17(22)23)13-3-4-15-14(9-13)19-11-20(15)2/h3-6,9-11H,7-8H2,1-2H3. The van der Waals surface area contributed by atoms with Crippen molar-refractivity contribution < 1.29 is 4.79 Å². The summed E-state index contributed by atoms with van der Waals surface area (Å²) < 4.78 is 1.97. The Morgan fingerprint density at radius 3 is 2.78 bits per heavy atom. The number of hydrogen-bond acceptors (Lipinski definition) is 3. The lowest BCUT2D eigenvalue weighted by Crippen LogP contribution is -2.32. The third-order valence-electron chi connectivity index (χ3n) is 4.33. The third-order valence-corrected chi connectivity index (χ3v) is 4.33. The molecule has 23 heavy (non-hydrogen) atoms. The van der Waals surface area contributed by atoms with Crippen molar-refractivity contribution in [2.75, 3.05) is 22.9 Å². The second-order valence-corrected chi connectivity index (χ2v) is 5.78. The third kappa shape index (κ3) is 2.14. The van der Waals surface area contributed by atoms with Gasteiger partial charge in [-0.05, 0) is 36.8 Å². The number of hydrogen-bond donors (Lipinski definition) is 0. The summed E-state index contributed by atoms with van der Waals surface area (Å²) in [6.45, 7) is 3.31. The van der Waals surface area contributed by atoms with E-state index in [-0.39, 0.29) is 6.03 Å². The van der Waals surface area contributed by atoms with Gasteiger partial charge in [0.05, 0.1) is 29.2 Å². The minimum atomic E-state index is -0.0172. The molecule has 2 amide bonds. The van der Waals surface area contributed by atoms with E-state index in [1.165, 1.54) is 0 Å². The maximum absolute atomic E-state index is 12.8. The minimum absolute atomic E-state index is 0.0172. The van der Waals surface area contributed by atoms with Crippen LogP contribution in [0.15, 0.2) is 43.0 Å². The lowest BCUT2D eigenvalue weighted by molar-refractivity contribution is 0.256. The fraction of sp³-hybridized carbons (Fsp3) is 0.235. The first-order valence-electron chi connectivity index (χ1n) is 7.56. The van der Waals surface area contributed by atoms with Crippen molar-refractivity contribution in [1.29, 1.82) is 0 Å². The van der Waals surface area contributed by atoms with Crippen molar-refractivity contribution in [3.05, 3.63) is 48.5 Å². The SMILES string of the molecule is Cc1ccncc1N1CCN(c2ccc3c(c2)ncn3C)C1=O. The molecule has 1 aromatic carbocycles. The summed E-state index contributed by atoms with van der Waals surface area (Å²) in [7, 11) is 1.96. The highest BCUT2D eigenvalue weighted by Gasteiger charge is 2.31.